The lowest BCUT2D eigenvalue weighted by Gasteiger charge is -2.29. The summed E-state index contributed by atoms with van der Waals surface area (Å²) in [6, 6.07) is 27.1. The normalized spacial score (nSPS) is 13.3. The Morgan fingerprint density at radius 2 is 1.39 bits per heavy atom. The molecular weight excluding hydrogens is 404 g/mol. The van der Waals surface area contributed by atoms with E-state index in [9.17, 15) is 8.42 Å². The fraction of sp³-hybridized carbons (Fsp3) is 0.308. The quantitative estimate of drug-likeness (QED) is 0.532. The molecule has 0 radical (unpaired) electrons. The molecule has 0 heterocycles. The van der Waals surface area contributed by atoms with Crippen LogP contribution in [-0.4, -0.2) is 26.9 Å². The van der Waals surface area contributed by atoms with Crippen molar-refractivity contribution < 1.29 is 8.42 Å². The summed E-state index contributed by atoms with van der Waals surface area (Å²) in [6.45, 7) is 7.63. The Bertz CT molecular complexity index is 1060. The molecule has 0 spiro atoms. The third kappa shape index (κ3) is 6.26. The Labute approximate surface area is 187 Å². The lowest BCUT2D eigenvalue weighted by atomic mass is 9.86. The van der Waals surface area contributed by atoms with Crippen LogP contribution in [0.2, 0.25) is 0 Å². The molecule has 164 valence electrons. The number of nitrogens with one attached hydrogen (secondary N) is 1. The third-order valence-corrected chi connectivity index (χ3v) is 6.93. The summed E-state index contributed by atoms with van der Waals surface area (Å²) in [5.41, 5.74) is 3.69. The van der Waals surface area contributed by atoms with E-state index in [0.717, 1.165) is 12.1 Å². The van der Waals surface area contributed by atoms with Gasteiger partial charge in [-0.25, -0.2) is 13.1 Å². The second kappa shape index (κ2) is 9.77. The topological polar surface area (TPSA) is 49.4 Å². The van der Waals surface area contributed by atoms with Gasteiger partial charge in [0, 0.05) is 19.1 Å². The molecule has 0 aliphatic carbocycles. The molecule has 31 heavy (non-hydrogen) atoms. The Kier molecular flexibility index (Phi) is 7.31. The van der Waals surface area contributed by atoms with Gasteiger partial charge < -0.3 is 0 Å². The lowest BCUT2D eigenvalue weighted by molar-refractivity contribution is 0.237. The predicted molar refractivity (Wildman–Crippen MR) is 127 cm³/mol. The van der Waals surface area contributed by atoms with E-state index in [2.05, 4.69) is 54.7 Å². The molecule has 1 N–H and O–H groups in total. The van der Waals surface area contributed by atoms with E-state index in [1.807, 2.05) is 43.4 Å². The van der Waals surface area contributed by atoms with Crippen molar-refractivity contribution in [2.45, 2.75) is 43.7 Å². The van der Waals surface area contributed by atoms with Gasteiger partial charge in [-0.3, -0.25) is 4.90 Å². The van der Waals surface area contributed by atoms with Crippen LogP contribution in [0.4, 0.5) is 0 Å². The summed E-state index contributed by atoms with van der Waals surface area (Å²) in [5.74, 6) is 0. The minimum Gasteiger partial charge on any atom is -0.294 e. The minimum atomic E-state index is -3.57. The summed E-state index contributed by atoms with van der Waals surface area (Å²) in [6.07, 6.45) is 0. The Balaban J connectivity index is 1.77. The Hall–Kier alpha value is -2.47. The van der Waals surface area contributed by atoms with Gasteiger partial charge in [0.15, 0.2) is 0 Å². The zero-order valence-electron chi connectivity index (χ0n) is 18.7. The molecule has 0 bridgehead atoms. The van der Waals surface area contributed by atoms with Crippen molar-refractivity contribution in [2.24, 2.45) is 0 Å². The van der Waals surface area contributed by atoms with Crippen molar-refractivity contribution in [1.82, 2.24) is 9.62 Å². The van der Waals surface area contributed by atoms with E-state index < -0.39 is 10.0 Å². The highest BCUT2D eigenvalue weighted by Gasteiger charge is 2.22. The van der Waals surface area contributed by atoms with E-state index >= 15 is 0 Å². The first-order chi connectivity index (χ1) is 14.7. The molecule has 0 fully saturated rings. The average Bonchev–Trinajstić information content (AvgIpc) is 2.75. The van der Waals surface area contributed by atoms with Crippen molar-refractivity contribution in [3.63, 3.8) is 0 Å². The van der Waals surface area contributed by atoms with Crippen LogP contribution in [0.1, 0.15) is 43.5 Å². The molecular formula is C26H32N2O2S. The van der Waals surface area contributed by atoms with Crippen LogP contribution in [0.25, 0.3) is 0 Å². The molecule has 5 heteroatoms. The molecule has 3 rings (SSSR count). The molecule has 4 nitrogen and oxygen atoms in total. The predicted octanol–water partition coefficient (Wildman–Crippen LogP) is 5.14. The molecule has 3 aromatic rings. The zero-order chi connectivity index (χ0) is 22.5. The molecule has 0 aliphatic heterocycles. The third-order valence-electron chi connectivity index (χ3n) is 5.49. The number of hydrogen-bond acceptors (Lipinski definition) is 3. The van der Waals surface area contributed by atoms with E-state index in [1.165, 1.54) is 11.1 Å². The molecule has 0 aliphatic rings. The molecule has 0 amide bonds. The van der Waals surface area contributed by atoms with Gasteiger partial charge in [-0.15, -0.1) is 0 Å². The van der Waals surface area contributed by atoms with Crippen molar-refractivity contribution in [2.75, 3.05) is 13.6 Å². The molecule has 3 aromatic carbocycles. The van der Waals surface area contributed by atoms with Crippen molar-refractivity contribution >= 4 is 10.0 Å². The summed E-state index contributed by atoms with van der Waals surface area (Å²) < 4.78 is 28.3. The average molecular weight is 437 g/mol. The maximum absolute atomic E-state index is 12.8. The number of likely N-dealkylation sites (N-methyl/N-ethyl adjacent to an activating group) is 1. The van der Waals surface area contributed by atoms with Gasteiger partial charge >= 0.3 is 0 Å². The van der Waals surface area contributed by atoms with Crippen LogP contribution in [-0.2, 0) is 22.0 Å². The monoisotopic (exact) mass is 436 g/mol. The minimum absolute atomic E-state index is 0.0954. The second-order valence-electron chi connectivity index (χ2n) is 8.95. The number of nitrogens with zero attached hydrogens (tertiary/aromatic N) is 1. The molecule has 0 unspecified atom stereocenters. The maximum Gasteiger partial charge on any atom is 0.240 e. The van der Waals surface area contributed by atoms with Gasteiger partial charge in [-0.05, 0) is 41.3 Å². The Morgan fingerprint density at radius 1 is 0.839 bits per heavy atom. The number of hydrogen-bond donors (Lipinski definition) is 1. The van der Waals surface area contributed by atoms with Crippen LogP contribution in [0.15, 0.2) is 89.8 Å². The maximum atomic E-state index is 12.8. The van der Waals surface area contributed by atoms with E-state index in [4.69, 9.17) is 0 Å². The summed E-state index contributed by atoms with van der Waals surface area (Å²) in [5, 5.41) is 0. The van der Waals surface area contributed by atoms with E-state index in [-0.39, 0.29) is 22.9 Å². The van der Waals surface area contributed by atoms with Gasteiger partial charge in [-0.2, -0.15) is 0 Å². The van der Waals surface area contributed by atoms with Gasteiger partial charge in [0.25, 0.3) is 0 Å². The van der Waals surface area contributed by atoms with Crippen LogP contribution in [0, 0.1) is 0 Å². The standard InChI is InChI=1S/C26H32N2O2S/c1-26(2,3)23-17-15-21(16-18-23)20-28(4)25(22-11-7-5-8-12-22)19-27-31(29,30)24-13-9-6-10-14-24/h5-18,25,27H,19-20H2,1-4H3/t25-/m0/s1. The summed E-state index contributed by atoms with van der Waals surface area (Å²) in [7, 11) is -1.53. The van der Waals surface area contributed by atoms with Crippen LogP contribution in [0.5, 0.6) is 0 Å². The smallest absolute Gasteiger partial charge is 0.240 e. The molecule has 0 saturated heterocycles. The molecule has 0 saturated carbocycles. The van der Waals surface area contributed by atoms with Crippen LogP contribution >= 0.6 is 0 Å². The zero-order valence-corrected chi connectivity index (χ0v) is 19.6. The van der Waals surface area contributed by atoms with Gasteiger partial charge in [0.1, 0.15) is 0 Å². The van der Waals surface area contributed by atoms with Crippen LogP contribution in [0.3, 0.4) is 0 Å². The highest BCUT2D eigenvalue weighted by Crippen LogP contribution is 2.25. The fourth-order valence-corrected chi connectivity index (χ4v) is 4.64. The first kappa shape index (κ1) is 23.2. The van der Waals surface area contributed by atoms with Gasteiger partial charge in [0.2, 0.25) is 10.0 Å². The Morgan fingerprint density at radius 3 is 1.94 bits per heavy atom. The van der Waals surface area contributed by atoms with Crippen molar-refractivity contribution in [1.29, 1.82) is 0 Å². The summed E-state index contributed by atoms with van der Waals surface area (Å²) >= 11 is 0. The highest BCUT2D eigenvalue weighted by molar-refractivity contribution is 7.89. The lowest BCUT2D eigenvalue weighted by Crippen LogP contribution is -2.36. The van der Waals surface area contributed by atoms with Crippen LogP contribution < -0.4 is 4.72 Å². The summed E-state index contributed by atoms with van der Waals surface area (Å²) in [4.78, 5) is 2.47. The van der Waals surface area contributed by atoms with E-state index in [1.54, 1.807) is 24.3 Å². The largest absolute Gasteiger partial charge is 0.294 e. The van der Waals surface area contributed by atoms with Gasteiger partial charge in [0.05, 0.1) is 4.90 Å². The number of benzene rings is 3. The number of sulfonamides is 1. The molecule has 1 atom stereocenters. The first-order valence-corrected chi connectivity index (χ1v) is 12.0. The fourth-order valence-electron chi connectivity index (χ4n) is 3.58. The SMILES string of the molecule is CN(Cc1ccc(C(C)(C)C)cc1)[C@@H](CNS(=O)(=O)c1ccccc1)c1ccccc1. The second-order valence-corrected chi connectivity index (χ2v) is 10.7. The first-order valence-electron chi connectivity index (χ1n) is 10.6. The number of rotatable bonds is 8. The molecule has 0 aromatic heterocycles. The van der Waals surface area contributed by atoms with E-state index in [0.29, 0.717) is 0 Å². The van der Waals surface area contributed by atoms with Crippen molar-refractivity contribution in [3.8, 4) is 0 Å². The highest BCUT2D eigenvalue weighted by atomic mass is 32.2. The van der Waals surface area contributed by atoms with Crippen molar-refractivity contribution in [3.05, 3.63) is 102 Å². The van der Waals surface area contributed by atoms with Gasteiger partial charge in [-0.1, -0.05) is 93.6 Å².